The van der Waals surface area contributed by atoms with Crippen LogP contribution in [0.5, 0.6) is 0 Å². The standard InChI is InChI=1S/C12H22N2O4/c15-11(14-7-8-18-9-12(16)17)2-1-10-3-5-13-6-4-10/h10,13H,1-9H2,(H,14,15)(H,16,17). The van der Waals surface area contributed by atoms with Gasteiger partial charge in [0.25, 0.3) is 0 Å². The molecular formula is C12H22N2O4. The van der Waals surface area contributed by atoms with Gasteiger partial charge in [0.05, 0.1) is 6.61 Å². The Hall–Kier alpha value is -1.14. The third kappa shape index (κ3) is 7.24. The summed E-state index contributed by atoms with van der Waals surface area (Å²) in [6.07, 6.45) is 3.77. The number of carbonyl (C=O) groups is 2. The van der Waals surface area contributed by atoms with E-state index in [1.165, 1.54) is 0 Å². The maximum Gasteiger partial charge on any atom is 0.329 e. The summed E-state index contributed by atoms with van der Waals surface area (Å²) in [5, 5.41) is 14.4. The molecule has 1 heterocycles. The predicted octanol–water partition coefficient (Wildman–Crippen LogP) is -0.0164. The molecule has 0 radical (unpaired) electrons. The molecule has 0 atom stereocenters. The Morgan fingerprint density at radius 3 is 2.72 bits per heavy atom. The maximum absolute atomic E-state index is 11.5. The first kappa shape index (κ1) is 14.9. The summed E-state index contributed by atoms with van der Waals surface area (Å²) in [7, 11) is 0. The molecule has 1 saturated heterocycles. The minimum absolute atomic E-state index is 0.0208. The number of hydrogen-bond donors (Lipinski definition) is 3. The lowest BCUT2D eigenvalue weighted by atomic mass is 9.93. The molecule has 0 bridgehead atoms. The molecule has 1 aliphatic rings. The third-order valence-electron chi connectivity index (χ3n) is 3.03. The van der Waals surface area contributed by atoms with Gasteiger partial charge in [-0.1, -0.05) is 0 Å². The quantitative estimate of drug-likeness (QED) is 0.533. The number of amides is 1. The molecule has 0 aromatic heterocycles. The van der Waals surface area contributed by atoms with E-state index in [0.29, 0.717) is 18.9 Å². The first-order valence-electron chi connectivity index (χ1n) is 6.45. The Balaban J connectivity index is 1.94. The molecule has 1 fully saturated rings. The van der Waals surface area contributed by atoms with Crippen molar-refractivity contribution in [3.8, 4) is 0 Å². The summed E-state index contributed by atoms with van der Waals surface area (Å²) in [4.78, 5) is 21.6. The van der Waals surface area contributed by atoms with E-state index in [1.807, 2.05) is 0 Å². The lowest BCUT2D eigenvalue weighted by Crippen LogP contribution is -2.30. The highest BCUT2D eigenvalue weighted by atomic mass is 16.5. The van der Waals surface area contributed by atoms with Gasteiger partial charge < -0.3 is 20.5 Å². The maximum atomic E-state index is 11.5. The Morgan fingerprint density at radius 1 is 1.33 bits per heavy atom. The van der Waals surface area contributed by atoms with Gasteiger partial charge in [0.1, 0.15) is 6.61 Å². The first-order valence-corrected chi connectivity index (χ1v) is 6.45. The minimum Gasteiger partial charge on any atom is -0.480 e. The number of rotatable bonds is 8. The highest BCUT2D eigenvalue weighted by Crippen LogP contribution is 2.17. The Labute approximate surface area is 107 Å². The van der Waals surface area contributed by atoms with Gasteiger partial charge in [0.15, 0.2) is 0 Å². The number of carboxylic acid groups (broad SMARTS) is 1. The zero-order valence-corrected chi connectivity index (χ0v) is 10.6. The lowest BCUT2D eigenvalue weighted by molar-refractivity contribution is -0.142. The van der Waals surface area contributed by atoms with Crippen molar-refractivity contribution < 1.29 is 19.4 Å². The van der Waals surface area contributed by atoms with Crippen molar-refractivity contribution >= 4 is 11.9 Å². The summed E-state index contributed by atoms with van der Waals surface area (Å²) in [6.45, 7) is 2.40. The normalized spacial score (nSPS) is 16.4. The molecule has 18 heavy (non-hydrogen) atoms. The SMILES string of the molecule is O=C(O)COCCNC(=O)CCC1CCNCC1. The van der Waals surface area contributed by atoms with Crippen molar-refractivity contribution in [2.24, 2.45) is 5.92 Å². The van der Waals surface area contributed by atoms with Crippen molar-refractivity contribution in [3.63, 3.8) is 0 Å². The number of carboxylic acids is 1. The summed E-state index contributed by atoms with van der Waals surface area (Å²) in [5.41, 5.74) is 0. The van der Waals surface area contributed by atoms with Gasteiger partial charge in [0.2, 0.25) is 5.91 Å². The van der Waals surface area contributed by atoms with Crippen LogP contribution in [-0.2, 0) is 14.3 Å². The second kappa shape index (κ2) is 8.88. The van der Waals surface area contributed by atoms with Crippen molar-refractivity contribution in [3.05, 3.63) is 0 Å². The molecule has 0 aromatic rings. The molecule has 1 amide bonds. The lowest BCUT2D eigenvalue weighted by Gasteiger charge is -2.22. The smallest absolute Gasteiger partial charge is 0.329 e. The third-order valence-corrected chi connectivity index (χ3v) is 3.03. The van der Waals surface area contributed by atoms with Crippen LogP contribution in [0.1, 0.15) is 25.7 Å². The van der Waals surface area contributed by atoms with Crippen LogP contribution in [-0.4, -0.2) is 49.8 Å². The fraction of sp³-hybridized carbons (Fsp3) is 0.833. The number of hydrogen-bond acceptors (Lipinski definition) is 4. The zero-order valence-electron chi connectivity index (χ0n) is 10.6. The van der Waals surface area contributed by atoms with E-state index in [2.05, 4.69) is 10.6 Å². The van der Waals surface area contributed by atoms with Crippen LogP contribution in [0.4, 0.5) is 0 Å². The van der Waals surface area contributed by atoms with E-state index in [9.17, 15) is 9.59 Å². The monoisotopic (exact) mass is 258 g/mol. The molecule has 0 unspecified atom stereocenters. The Bertz CT molecular complexity index is 265. The van der Waals surface area contributed by atoms with Crippen molar-refractivity contribution in [1.82, 2.24) is 10.6 Å². The summed E-state index contributed by atoms with van der Waals surface area (Å²) >= 11 is 0. The number of nitrogens with one attached hydrogen (secondary N) is 2. The van der Waals surface area contributed by atoms with Gasteiger partial charge in [-0.2, -0.15) is 0 Å². The van der Waals surface area contributed by atoms with Crippen LogP contribution in [0.15, 0.2) is 0 Å². The van der Waals surface area contributed by atoms with Crippen molar-refractivity contribution in [2.45, 2.75) is 25.7 Å². The largest absolute Gasteiger partial charge is 0.480 e. The molecule has 1 aliphatic heterocycles. The highest BCUT2D eigenvalue weighted by Gasteiger charge is 2.14. The molecule has 6 nitrogen and oxygen atoms in total. The zero-order chi connectivity index (χ0) is 13.2. The van der Waals surface area contributed by atoms with E-state index in [-0.39, 0.29) is 19.1 Å². The van der Waals surface area contributed by atoms with Crippen LogP contribution in [0, 0.1) is 5.92 Å². The molecule has 104 valence electrons. The number of piperidine rings is 1. The molecule has 0 saturated carbocycles. The van der Waals surface area contributed by atoms with E-state index >= 15 is 0 Å². The van der Waals surface area contributed by atoms with Crippen LogP contribution in [0.2, 0.25) is 0 Å². The molecular weight excluding hydrogens is 236 g/mol. The first-order chi connectivity index (χ1) is 8.68. The predicted molar refractivity (Wildman–Crippen MR) is 66.3 cm³/mol. The van der Waals surface area contributed by atoms with E-state index in [1.54, 1.807) is 0 Å². The molecule has 0 spiro atoms. The average molecular weight is 258 g/mol. The number of carbonyl (C=O) groups excluding carboxylic acids is 1. The van der Waals surface area contributed by atoms with Gasteiger partial charge >= 0.3 is 5.97 Å². The summed E-state index contributed by atoms with van der Waals surface area (Å²) in [5.74, 6) is -0.319. The Kier molecular flexibility index (Phi) is 7.36. The molecule has 0 aromatic carbocycles. The van der Waals surface area contributed by atoms with Crippen LogP contribution in [0.3, 0.4) is 0 Å². The fourth-order valence-corrected chi connectivity index (χ4v) is 2.02. The van der Waals surface area contributed by atoms with E-state index in [4.69, 9.17) is 9.84 Å². The molecule has 6 heteroatoms. The van der Waals surface area contributed by atoms with Gasteiger partial charge in [-0.25, -0.2) is 4.79 Å². The minimum atomic E-state index is -0.993. The average Bonchev–Trinajstić information content (AvgIpc) is 2.37. The molecule has 0 aliphatic carbocycles. The molecule has 3 N–H and O–H groups in total. The van der Waals surface area contributed by atoms with E-state index < -0.39 is 5.97 Å². The van der Waals surface area contributed by atoms with Gasteiger partial charge in [-0.05, 0) is 38.3 Å². The van der Waals surface area contributed by atoms with Crippen LogP contribution >= 0.6 is 0 Å². The van der Waals surface area contributed by atoms with Crippen LogP contribution in [0.25, 0.3) is 0 Å². The fourth-order valence-electron chi connectivity index (χ4n) is 2.02. The van der Waals surface area contributed by atoms with Gasteiger partial charge in [-0.15, -0.1) is 0 Å². The number of ether oxygens (including phenoxy) is 1. The summed E-state index contributed by atoms with van der Waals surface area (Å²) < 4.78 is 4.82. The van der Waals surface area contributed by atoms with Crippen LogP contribution < -0.4 is 10.6 Å². The van der Waals surface area contributed by atoms with Crippen molar-refractivity contribution in [1.29, 1.82) is 0 Å². The van der Waals surface area contributed by atoms with Gasteiger partial charge in [-0.3, -0.25) is 4.79 Å². The van der Waals surface area contributed by atoms with Crippen molar-refractivity contribution in [2.75, 3.05) is 32.8 Å². The highest BCUT2D eigenvalue weighted by molar-refractivity contribution is 5.75. The van der Waals surface area contributed by atoms with Gasteiger partial charge in [0, 0.05) is 13.0 Å². The second-order valence-electron chi connectivity index (χ2n) is 4.53. The summed E-state index contributed by atoms with van der Waals surface area (Å²) in [6, 6.07) is 0. The Morgan fingerprint density at radius 2 is 2.06 bits per heavy atom. The second-order valence-corrected chi connectivity index (χ2v) is 4.53. The molecule has 1 rings (SSSR count). The number of aliphatic carboxylic acids is 1. The topological polar surface area (TPSA) is 87.7 Å². The van der Waals surface area contributed by atoms with E-state index in [0.717, 1.165) is 32.4 Å².